The average molecular weight is 465 g/mol. The number of methoxy groups -OCH3 is 1. The number of nitriles is 1. The second kappa shape index (κ2) is 9.23. The molecule has 10 heteroatoms. The summed E-state index contributed by atoms with van der Waals surface area (Å²) < 4.78 is 47.1. The summed E-state index contributed by atoms with van der Waals surface area (Å²) in [5.74, 6) is -0.122. The largest absolute Gasteiger partial charge is 0.497 e. The van der Waals surface area contributed by atoms with Gasteiger partial charge in [-0.25, -0.2) is 9.50 Å². The summed E-state index contributed by atoms with van der Waals surface area (Å²) >= 11 is 0. The molecule has 172 valence electrons. The molecule has 4 aromatic rings. The Bertz CT molecular complexity index is 1390. The van der Waals surface area contributed by atoms with Crippen molar-refractivity contribution in [3.05, 3.63) is 77.6 Å². The first-order valence-corrected chi connectivity index (χ1v) is 10.2. The smallest absolute Gasteiger partial charge is 0.433 e. The van der Waals surface area contributed by atoms with Gasteiger partial charge in [0.1, 0.15) is 5.75 Å². The molecule has 0 saturated carbocycles. The first kappa shape index (κ1) is 22.8. The zero-order valence-corrected chi connectivity index (χ0v) is 17.9. The van der Waals surface area contributed by atoms with E-state index in [9.17, 15) is 18.0 Å². The number of aromatic nitrogens is 3. The second-order valence-electron chi connectivity index (χ2n) is 7.37. The topological polar surface area (TPSA) is 92.3 Å². The Kier molecular flexibility index (Phi) is 6.19. The molecule has 2 aromatic carbocycles. The molecule has 0 radical (unpaired) electrons. The molecule has 2 aromatic heterocycles. The minimum atomic E-state index is -4.72. The summed E-state index contributed by atoms with van der Waals surface area (Å²) in [4.78, 5) is 17.0. The van der Waals surface area contributed by atoms with Crippen molar-refractivity contribution < 1.29 is 22.7 Å². The zero-order chi connectivity index (χ0) is 24.3. The first-order chi connectivity index (χ1) is 16.3. The van der Waals surface area contributed by atoms with Crippen LogP contribution in [0.1, 0.15) is 28.2 Å². The number of nitrogens with zero attached hydrogens (tertiary/aromatic N) is 4. The Labute approximate surface area is 192 Å². The highest BCUT2D eigenvalue weighted by atomic mass is 19.4. The van der Waals surface area contributed by atoms with Crippen molar-refractivity contribution in [2.45, 2.75) is 19.0 Å². The van der Waals surface area contributed by atoms with Gasteiger partial charge >= 0.3 is 6.18 Å². The quantitative estimate of drug-likeness (QED) is 0.426. The number of amides is 1. The van der Waals surface area contributed by atoms with Crippen molar-refractivity contribution >= 4 is 17.2 Å². The van der Waals surface area contributed by atoms with Crippen LogP contribution in [-0.4, -0.2) is 27.6 Å². The van der Waals surface area contributed by atoms with Gasteiger partial charge in [-0.05, 0) is 54.4 Å². The number of rotatable bonds is 6. The Morgan fingerprint density at radius 3 is 2.59 bits per heavy atom. The molecule has 0 spiro atoms. The lowest BCUT2D eigenvalue weighted by Crippen LogP contribution is -2.15. The minimum absolute atomic E-state index is 0.0829. The van der Waals surface area contributed by atoms with Crippen LogP contribution in [0, 0.1) is 11.3 Å². The molecule has 0 aliphatic heterocycles. The summed E-state index contributed by atoms with van der Waals surface area (Å²) in [5, 5.41) is 15.2. The van der Waals surface area contributed by atoms with Crippen LogP contribution in [0.3, 0.4) is 0 Å². The van der Waals surface area contributed by atoms with Crippen molar-refractivity contribution in [3.63, 3.8) is 0 Å². The third kappa shape index (κ3) is 4.83. The number of ether oxygens (including phenoxy) is 1. The predicted octanol–water partition coefficient (Wildman–Crippen LogP) is 5.13. The molecule has 1 N–H and O–H groups in total. The fraction of sp³-hybridized carbons (Fsp3) is 0.167. The summed E-state index contributed by atoms with van der Waals surface area (Å²) in [6.45, 7) is 0. The third-order valence-electron chi connectivity index (χ3n) is 5.05. The summed E-state index contributed by atoms with van der Waals surface area (Å²) in [5.41, 5.74) is 0.441. The van der Waals surface area contributed by atoms with Crippen LogP contribution >= 0.6 is 0 Å². The van der Waals surface area contributed by atoms with Gasteiger partial charge in [-0.15, -0.1) is 0 Å². The zero-order valence-electron chi connectivity index (χ0n) is 17.9. The monoisotopic (exact) mass is 465 g/mol. The van der Waals surface area contributed by atoms with Crippen molar-refractivity contribution in [2.24, 2.45) is 0 Å². The molecule has 34 heavy (non-hydrogen) atoms. The van der Waals surface area contributed by atoms with Gasteiger partial charge in [0.25, 0.3) is 5.91 Å². The van der Waals surface area contributed by atoms with Crippen molar-refractivity contribution in [3.8, 4) is 23.1 Å². The van der Waals surface area contributed by atoms with Crippen molar-refractivity contribution in [1.82, 2.24) is 14.6 Å². The first-order valence-electron chi connectivity index (χ1n) is 10.2. The van der Waals surface area contributed by atoms with Crippen LogP contribution < -0.4 is 10.1 Å². The number of benzene rings is 2. The number of alkyl halides is 3. The number of hydrogen-bond donors (Lipinski definition) is 1. The molecule has 0 bridgehead atoms. The maximum atomic E-state index is 13.8. The minimum Gasteiger partial charge on any atom is -0.497 e. The lowest BCUT2D eigenvalue weighted by atomic mass is 10.1. The van der Waals surface area contributed by atoms with E-state index >= 15 is 0 Å². The van der Waals surface area contributed by atoms with Gasteiger partial charge in [-0.1, -0.05) is 12.1 Å². The van der Waals surface area contributed by atoms with Crippen LogP contribution in [0.4, 0.5) is 18.9 Å². The molecule has 7 nitrogen and oxygen atoms in total. The van der Waals surface area contributed by atoms with Crippen LogP contribution in [0.25, 0.3) is 16.9 Å². The van der Waals surface area contributed by atoms with Gasteiger partial charge in [-0.2, -0.15) is 23.5 Å². The van der Waals surface area contributed by atoms with Gasteiger partial charge in [0.15, 0.2) is 17.0 Å². The summed E-state index contributed by atoms with van der Waals surface area (Å²) in [6, 6.07) is 17.5. The fourth-order valence-corrected chi connectivity index (χ4v) is 3.40. The molecular weight excluding hydrogens is 447 g/mol. The summed E-state index contributed by atoms with van der Waals surface area (Å²) in [7, 11) is 1.49. The van der Waals surface area contributed by atoms with Crippen LogP contribution in [0.2, 0.25) is 0 Å². The van der Waals surface area contributed by atoms with Gasteiger partial charge in [0.05, 0.1) is 18.9 Å². The Morgan fingerprint density at radius 2 is 1.91 bits per heavy atom. The number of hydrogen-bond acceptors (Lipinski definition) is 5. The normalized spacial score (nSPS) is 11.3. The van der Waals surface area contributed by atoms with Gasteiger partial charge in [0.2, 0.25) is 0 Å². The van der Waals surface area contributed by atoms with E-state index in [0.717, 1.165) is 11.6 Å². The van der Waals surface area contributed by atoms with E-state index in [-0.39, 0.29) is 17.0 Å². The number of carbonyl (C=O) groups excluding carboxylic acids is 1. The number of halogens is 3. The molecule has 0 atom stereocenters. The molecule has 0 unspecified atom stereocenters. The van der Waals surface area contributed by atoms with Crippen LogP contribution in [0.15, 0.2) is 60.7 Å². The maximum absolute atomic E-state index is 13.8. The second-order valence-corrected chi connectivity index (χ2v) is 7.37. The number of nitrogens with one attached hydrogen (secondary N) is 1. The van der Waals surface area contributed by atoms with E-state index in [0.29, 0.717) is 34.4 Å². The molecule has 0 saturated heterocycles. The lowest BCUT2D eigenvalue weighted by molar-refractivity contribution is -0.142. The summed E-state index contributed by atoms with van der Waals surface area (Å²) in [6.07, 6.45) is -3.88. The molecule has 1 amide bonds. The Balaban J connectivity index is 1.69. The standard InChI is InChI=1S/C24H18F3N5O2/c1-34-18-9-7-16(8-10-18)19-13-21(24(25,26)27)32-22(30-19)14-20(31-32)23(33)29-17-6-2-4-15(12-17)5-3-11-28/h2,4,6-10,12-14H,3,5H2,1H3,(H,29,33). The Morgan fingerprint density at radius 1 is 1.15 bits per heavy atom. The molecule has 0 aliphatic rings. The van der Waals surface area contributed by atoms with E-state index in [1.165, 1.54) is 13.2 Å². The van der Waals surface area contributed by atoms with Crippen LogP contribution in [-0.2, 0) is 12.6 Å². The van der Waals surface area contributed by atoms with Crippen molar-refractivity contribution in [1.29, 1.82) is 5.26 Å². The highest BCUT2D eigenvalue weighted by Gasteiger charge is 2.35. The van der Waals surface area contributed by atoms with Gasteiger partial charge in [0, 0.05) is 23.7 Å². The average Bonchev–Trinajstić information content (AvgIpc) is 3.26. The molecule has 2 heterocycles. The number of fused-ring (bicyclic) bond motifs is 1. The number of aryl methyl sites for hydroxylation is 1. The van der Waals surface area contributed by atoms with E-state index in [4.69, 9.17) is 10.00 Å². The predicted molar refractivity (Wildman–Crippen MR) is 118 cm³/mol. The van der Waals surface area contributed by atoms with Crippen LogP contribution in [0.5, 0.6) is 5.75 Å². The van der Waals surface area contributed by atoms with E-state index in [2.05, 4.69) is 21.5 Å². The SMILES string of the molecule is COc1ccc(-c2cc(C(F)(F)F)n3nc(C(=O)Nc4cccc(CCC#N)c4)cc3n2)cc1. The van der Waals surface area contributed by atoms with Gasteiger partial charge in [-0.3, -0.25) is 4.79 Å². The fourth-order valence-electron chi connectivity index (χ4n) is 3.40. The maximum Gasteiger partial charge on any atom is 0.433 e. The van der Waals surface area contributed by atoms with Gasteiger partial charge < -0.3 is 10.1 Å². The molecule has 0 aliphatic carbocycles. The third-order valence-corrected chi connectivity index (χ3v) is 5.05. The van der Waals surface area contributed by atoms with E-state index in [1.54, 1.807) is 42.5 Å². The molecule has 0 fully saturated rings. The highest BCUT2D eigenvalue weighted by Crippen LogP contribution is 2.32. The molecular formula is C24H18F3N5O2. The van der Waals surface area contributed by atoms with E-state index in [1.807, 2.05) is 6.07 Å². The number of carbonyl (C=O) groups is 1. The Hall–Kier alpha value is -4.39. The van der Waals surface area contributed by atoms with Crippen molar-refractivity contribution in [2.75, 3.05) is 12.4 Å². The highest BCUT2D eigenvalue weighted by molar-refractivity contribution is 6.03. The molecule has 4 rings (SSSR count). The van der Waals surface area contributed by atoms with E-state index < -0.39 is 17.8 Å². The lowest BCUT2D eigenvalue weighted by Gasteiger charge is -2.11. The number of anilines is 1.